The zero-order chi connectivity index (χ0) is 28.2. The van der Waals surface area contributed by atoms with Gasteiger partial charge in [-0.15, -0.1) is 22.9 Å². The summed E-state index contributed by atoms with van der Waals surface area (Å²) in [7, 11) is -3.47. The van der Waals surface area contributed by atoms with Crippen molar-refractivity contribution in [3.05, 3.63) is 97.4 Å². The first-order valence-electron chi connectivity index (χ1n) is 12.9. The van der Waals surface area contributed by atoms with E-state index in [1.165, 1.54) is 0 Å². The fourth-order valence-electron chi connectivity index (χ4n) is 3.47. The molecule has 0 saturated heterocycles. The van der Waals surface area contributed by atoms with Crippen LogP contribution in [0.4, 0.5) is 0 Å². The van der Waals surface area contributed by atoms with Crippen molar-refractivity contribution in [2.24, 2.45) is 0 Å². The second-order valence-corrected chi connectivity index (χ2v) is 19.2. The smallest absolute Gasteiger partial charge is 0.289 e. The largest absolute Gasteiger partial charge is 0.373 e. The summed E-state index contributed by atoms with van der Waals surface area (Å²) in [6.45, 7) is 20.4. The van der Waals surface area contributed by atoms with E-state index >= 15 is 0 Å². The van der Waals surface area contributed by atoms with Crippen molar-refractivity contribution < 1.29 is 29.1 Å². The Morgan fingerprint density at radius 3 is 1.42 bits per heavy atom. The molecular formula is C30H40O6Si2. The molecule has 2 rings (SSSR count). The Kier molecular flexibility index (Phi) is 12.4. The van der Waals surface area contributed by atoms with Crippen molar-refractivity contribution in [2.75, 3.05) is 0 Å². The molecule has 0 aliphatic heterocycles. The van der Waals surface area contributed by atoms with Gasteiger partial charge in [-0.1, -0.05) is 105 Å². The van der Waals surface area contributed by atoms with Gasteiger partial charge in [-0.05, 0) is 30.7 Å². The second kappa shape index (κ2) is 15.0. The molecule has 204 valence electrons. The van der Waals surface area contributed by atoms with E-state index in [1.54, 1.807) is 24.3 Å². The van der Waals surface area contributed by atoms with Gasteiger partial charge >= 0.3 is 18.2 Å². The summed E-state index contributed by atoms with van der Waals surface area (Å²) in [4.78, 5) is 45.5. The van der Waals surface area contributed by atoms with E-state index < -0.39 is 28.1 Å². The zero-order valence-electron chi connectivity index (χ0n) is 23.1. The van der Waals surface area contributed by atoms with Crippen LogP contribution >= 0.6 is 0 Å². The summed E-state index contributed by atoms with van der Waals surface area (Å²) < 4.78 is 0. The fourth-order valence-corrected chi connectivity index (χ4v) is 5.99. The summed E-state index contributed by atoms with van der Waals surface area (Å²) in [5.74, 6) is -1.35. The maximum atomic E-state index is 12.5. The molecule has 8 heteroatoms. The van der Waals surface area contributed by atoms with Crippen molar-refractivity contribution in [1.82, 2.24) is 0 Å². The van der Waals surface area contributed by atoms with Crippen molar-refractivity contribution in [3.8, 4) is 0 Å². The van der Waals surface area contributed by atoms with E-state index in [0.717, 1.165) is 36.1 Å². The first-order valence-corrected chi connectivity index (χ1v) is 19.1. The number of benzene rings is 2. The molecule has 38 heavy (non-hydrogen) atoms. The van der Waals surface area contributed by atoms with E-state index in [4.69, 9.17) is 19.6 Å². The van der Waals surface area contributed by atoms with Crippen LogP contribution in [0.15, 0.2) is 73.1 Å². The van der Waals surface area contributed by atoms with Crippen LogP contribution in [0, 0.1) is 13.2 Å². The highest BCUT2D eigenvalue weighted by molar-refractivity contribution is 6.94. The summed E-state index contributed by atoms with van der Waals surface area (Å²) in [6, 6.07) is 14.4. The fraction of sp³-hybridized carbons (Fsp3) is 0.333. The van der Waals surface area contributed by atoms with Crippen LogP contribution in [0.5, 0.6) is 0 Å². The van der Waals surface area contributed by atoms with Gasteiger partial charge in [0.1, 0.15) is 16.1 Å². The van der Waals surface area contributed by atoms with E-state index in [-0.39, 0.29) is 6.29 Å². The topological polar surface area (TPSA) is 71.1 Å². The lowest BCUT2D eigenvalue weighted by molar-refractivity contribution is -0.363. The molecule has 0 bridgehead atoms. The predicted molar refractivity (Wildman–Crippen MR) is 157 cm³/mol. The SMILES string of the molecule is [CH2]CCCCCC[C](OOC(=O)c1ccc([Si](C)(C)C=C)cc1)OOC(=O)c1ccc([Si](C)(C)C=C)cc1. The molecule has 0 atom stereocenters. The Bertz CT molecular complexity index is 982. The molecule has 0 fully saturated rings. The van der Waals surface area contributed by atoms with Crippen molar-refractivity contribution in [1.29, 1.82) is 0 Å². The molecule has 2 radical (unpaired) electrons. The molecule has 0 aliphatic rings. The van der Waals surface area contributed by atoms with Crippen molar-refractivity contribution in [3.63, 3.8) is 0 Å². The van der Waals surface area contributed by atoms with E-state index in [0.29, 0.717) is 24.0 Å². The Hall–Kier alpha value is -2.79. The predicted octanol–water partition coefficient (Wildman–Crippen LogP) is 6.51. The Morgan fingerprint density at radius 2 is 1.05 bits per heavy atom. The average molecular weight is 553 g/mol. The van der Waals surface area contributed by atoms with Crippen LogP contribution in [0.3, 0.4) is 0 Å². The minimum absolute atomic E-state index is 0.102. The Labute approximate surface area is 229 Å². The summed E-state index contributed by atoms with van der Waals surface area (Å²) >= 11 is 0. The van der Waals surface area contributed by atoms with Gasteiger partial charge < -0.3 is 0 Å². The van der Waals surface area contributed by atoms with Gasteiger partial charge in [0.05, 0.1) is 11.1 Å². The molecule has 2 aromatic carbocycles. The first-order chi connectivity index (χ1) is 18.0. The molecule has 0 amide bonds. The third kappa shape index (κ3) is 9.51. The molecule has 0 saturated carbocycles. The van der Waals surface area contributed by atoms with Gasteiger partial charge in [0.2, 0.25) is 0 Å². The lowest BCUT2D eigenvalue weighted by atomic mass is 10.1. The number of rotatable bonds is 16. The highest BCUT2D eigenvalue weighted by atomic mass is 28.3. The molecule has 6 nitrogen and oxygen atoms in total. The molecule has 0 unspecified atom stereocenters. The minimum Gasteiger partial charge on any atom is -0.289 e. The quantitative estimate of drug-likeness (QED) is 0.102. The van der Waals surface area contributed by atoms with Crippen LogP contribution in [-0.2, 0) is 19.6 Å². The van der Waals surface area contributed by atoms with Gasteiger partial charge in [-0.2, -0.15) is 0 Å². The number of carbonyl (C=O) groups excluding carboxylic acids is 2. The number of unbranched alkanes of at least 4 members (excludes halogenated alkanes) is 4. The monoisotopic (exact) mass is 552 g/mol. The molecule has 0 N–H and O–H groups in total. The summed E-state index contributed by atoms with van der Waals surface area (Å²) in [5, 5.41) is 2.30. The Morgan fingerprint density at radius 1 is 0.658 bits per heavy atom. The van der Waals surface area contributed by atoms with Gasteiger partial charge in [0.15, 0.2) is 0 Å². The third-order valence-corrected chi connectivity index (χ3v) is 12.2. The van der Waals surface area contributed by atoms with Gasteiger partial charge in [0, 0.05) is 6.42 Å². The third-order valence-electron chi connectivity index (χ3n) is 6.55. The maximum Gasteiger partial charge on any atom is 0.373 e. The van der Waals surface area contributed by atoms with Gasteiger partial charge in [-0.25, -0.2) is 9.59 Å². The van der Waals surface area contributed by atoms with E-state index in [9.17, 15) is 9.59 Å². The lowest BCUT2D eigenvalue weighted by Crippen LogP contribution is -2.39. The molecule has 0 heterocycles. The number of hydrogen-bond donors (Lipinski definition) is 0. The van der Waals surface area contributed by atoms with E-state index in [1.807, 2.05) is 35.7 Å². The van der Waals surface area contributed by atoms with Gasteiger partial charge in [-0.3, -0.25) is 9.78 Å². The maximum absolute atomic E-state index is 12.5. The lowest BCUT2D eigenvalue weighted by Gasteiger charge is -2.18. The highest BCUT2D eigenvalue weighted by Crippen LogP contribution is 2.19. The van der Waals surface area contributed by atoms with Crippen LogP contribution in [0.25, 0.3) is 0 Å². The zero-order valence-corrected chi connectivity index (χ0v) is 25.1. The highest BCUT2D eigenvalue weighted by Gasteiger charge is 2.24. The van der Waals surface area contributed by atoms with E-state index in [2.05, 4.69) is 46.3 Å². The van der Waals surface area contributed by atoms with Crippen LogP contribution in [0.2, 0.25) is 26.2 Å². The number of carbonyl (C=O) groups is 2. The molecule has 0 spiro atoms. The van der Waals surface area contributed by atoms with Crippen LogP contribution in [-0.4, -0.2) is 28.1 Å². The summed E-state index contributed by atoms with van der Waals surface area (Å²) in [5.41, 5.74) is 4.64. The average Bonchev–Trinajstić information content (AvgIpc) is 2.93. The minimum atomic E-state index is -1.73. The van der Waals surface area contributed by atoms with Gasteiger partial charge in [0.25, 0.3) is 0 Å². The first kappa shape index (κ1) is 31.4. The summed E-state index contributed by atoms with van der Waals surface area (Å²) in [6.07, 6.45) is 4.70. The molecular weight excluding hydrogens is 512 g/mol. The van der Waals surface area contributed by atoms with Crippen LogP contribution < -0.4 is 10.4 Å². The van der Waals surface area contributed by atoms with Crippen LogP contribution in [0.1, 0.15) is 59.2 Å². The molecule has 0 aliphatic carbocycles. The standard InChI is InChI=1S/C30H40O6Si2/c1-8-11-12-13-14-15-28(33-35-29(31)24-16-20-26(21-17-24)37(4,5)9-2)34-36-30(32)25-18-22-27(23-19-25)38(6,7)10-3/h9-10,16-23H,1-3,8,11-15H2,4-7H3. The van der Waals surface area contributed by atoms with Crippen molar-refractivity contribution >= 4 is 38.5 Å². The molecule has 2 aromatic rings. The Balaban J connectivity index is 1.98. The number of hydrogen-bond acceptors (Lipinski definition) is 6. The van der Waals surface area contributed by atoms with Crippen molar-refractivity contribution in [2.45, 2.75) is 64.7 Å². The normalized spacial score (nSPS) is 11.7. The second-order valence-electron chi connectivity index (χ2n) is 10.3. The molecule has 0 aromatic heterocycles.